The van der Waals surface area contributed by atoms with Crippen molar-refractivity contribution in [2.75, 3.05) is 19.6 Å². The number of hydrogen-bond acceptors (Lipinski definition) is 3. The molecule has 3 heteroatoms. The summed E-state index contributed by atoms with van der Waals surface area (Å²) in [4.78, 5) is 12.2. The average Bonchev–Trinajstić information content (AvgIpc) is 2.49. The van der Waals surface area contributed by atoms with Crippen LogP contribution in [-0.2, 0) is 6.42 Å². The first-order valence-electron chi connectivity index (χ1n) is 7.76. The zero-order valence-electron chi connectivity index (χ0n) is 12.8. The number of hydrogen-bond donors (Lipinski definition) is 2. The highest BCUT2D eigenvalue weighted by molar-refractivity contribution is 5.97. The zero-order valence-corrected chi connectivity index (χ0v) is 12.8. The van der Waals surface area contributed by atoms with E-state index >= 15 is 0 Å². The zero-order chi connectivity index (χ0) is 14.8. The number of Topliss-reactive ketones (excluding diaryl/α,β-unsaturated/α-hetero) is 1. The highest BCUT2D eigenvalue weighted by Gasteiger charge is 2.21. The summed E-state index contributed by atoms with van der Waals surface area (Å²) in [5.41, 5.74) is 7.06. The van der Waals surface area contributed by atoms with Crippen molar-refractivity contribution in [2.24, 2.45) is 11.7 Å². The average molecular weight is 276 g/mol. The maximum atomic E-state index is 12.2. The number of aryl methyl sites for hydroxylation is 1. The number of carbonyl (C=O) groups excluding carboxylic acids is 1. The Kier molecular flexibility index (Phi) is 8.16. The van der Waals surface area contributed by atoms with E-state index in [9.17, 15) is 4.79 Å². The lowest BCUT2D eigenvalue weighted by Gasteiger charge is -2.21. The monoisotopic (exact) mass is 276 g/mol. The van der Waals surface area contributed by atoms with Crippen molar-refractivity contribution >= 4 is 5.78 Å². The van der Waals surface area contributed by atoms with E-state index in [4.69, 9.17) is 5.73 Å². The number of nitrogens with one attached hydrogen (secondary N) is 1. The van der Waals surface area contributed by atoms with Gasteiger partial charge >= 0.3 is 0 Å². The summed E-state index contributed by atoms with van der Waals surface area (Å²) < 4.78 is 0. The van der Waals surface area contributed by atoms with Crippen molar-refractivity contribution in [3.63, 3.8) is 0 Å². The third-order valence-corrected chi connectivity index (χ3v) is 3.49. The first-order valence-corrected chi connectivity index (χ1v) is 7.76. The largest absolute Gasteiger partial charge is 0.331 e. The van der Waals surface area contributed by atoms with Crippen LogP contribution >= 0.6 is 0 Å². The van der Waals surface area contributed by atoms with E-state index in [-0.39, 0.29) is 5.92 Å². The molecule has 20 heavy (non-hydrogen) atoms. The van der Waals surface area contributed by atoms with Gasteiger partial charge in [0.2, 0.25) is 0 Å². The quantitative estimate of drug-likeness (QED) is 0.831. The van der Waals surface area contributed by atoms with Crippen LogP contribution in [0.4, 0.5) is 0 Å². The van der Waals surface area contributed by atoms with E-state index in [2.05, 4.69) is 24.4 Å². The van der Waals surface area contributed by atoms with Gasteiger partial charge in [0.05, 0.1) is 0 Å². The molecule has 1 aliphatic rings. The summed E-state index contributed by atoms with van der Waals surface area (Å²) in [5.74, 6) is 0.558. The molecule has 0 unspecified atom stereocenters. The number of rotatable bonds is 4. The van der Waals surface area contributed by atoms with E-state index in [1.54, 1.807) is 0 Å². The van der Waals surface area contributed by atoms with Crippen molar-refractivity contribution in [1.29, 1.82) is 0 Å². The lowest BCUT2D eigenvalue weighted by molar-refractivity contribution is 0.0895. The molecule has 0 spiro atoms. The molecule has 1 heterocycles. The molecule has 0 saturated carbocycles. The molecule has 0 aromatic heterocycles. The lowest BCUT2D eigenvalue weighted by atomic mass is 9.89. The lowest BCUT2D eigenvalue weighted by Crippen LogP contribution is -2.31. The first-order chi connectivity index (χ1) is 9.72. The number of carbonyl (C=O) groups is 1. The molecule has 0 bridgehead atoms. The van der Waals surface area contributed by atoms with Gasteiger partial charge in [0, 0.05) is 11.5 Å². The minimum Gasteiger partial charge on any atom is -0.331 e. The Hall–Kier alpha value is -1.19. The molecule has 3 N–H and O–H groups in total. The van der Waals surface area contributed by atoms with Crippen molar-refractivity contribution in [3.05, 3.63) is 35.4 Å². The van der Waals surface area contributed by atoms with Gasteiger partial charge in [-0.3, -0.25) is 4.79 Å². The predicted octanol–water partition coefficient (Wildman–Crippen LogP) is 2.79. The van der Waals surface area contributed by atoms with Crippen LogP contribution in [0.3, 0.4) is 0 Å². The molecule has 0 radical (unpaired) electrons. The van der Waals surface area contributed by atoms with E-state index < -0.39 is 0 Å². The second-order valence-corrected chi connectivity index (χ2v) is 5.24. The highest BCUT2D eigenvalue weighted by Crippen LogP contribution is 2.18. The molecule has 0 atom stereocenters. The van der Waals surface area contributed by atoms with Crippen molar-refractivity contribution in [3.8, 4) is 0 Å². The Bertz CT molecular complexity index is 380. The third kappa shape index (κ3) is 5.43. The van der Waals surface area contributed by atoms with Crippen LogP contribution < -0.4 is 11.1 Å². The standard InChI is InChI=1S/C15H21NO.C2H7N/c1-2-3-12-4-6-13(7-5-12)15(17)14-8-10-16-11-9-14;1-2-3/h4-7,14,16H,2-3,8-11H2,1H3;2-3H2,1H3. The molecule has 0 amide bonds. The molecule has 0 aliphatic carbocycles. The second kappa shape index (κ2) is 9.67. The Morgan fingerprint density at radius 3 is 2.25 bits per heavy atom. The van der Waals surface area contributed by atoms with Gasteiger partial charge in [-0.05, 0) is 44.5 Å². The number of nitrogens with two attached hydrogens (primary N) is 1. The highest BCUT2D eigenvalue weighted by atomic mass is 16.1. The van der Waals surface area contributed by atoms with Crippen molar-refractivity contribution in [1.82, 2.24) is 5.32 Å². The summed E-state index contributed by atoms with van der Waals surface area (Å²) in [6, 6.07) is 8.18. The number of piperidine rings is 1. The van der Waals surface area contributed by atoms with Crippen LogP contribution in [0, 0.1) is 5.92 Å². The van der Waals surface area contributed by atoms with Crippen LogP contribution in [0.2, 0.25) is 0 Å². The van der Waals surface area contributed by atoms with Crippen LogP contribution in [0.5, 0.6) is 0 Å². The Morgan fingerprint density at radius 1 is 1.20 bits per heavy atom. The molecule has 1 fully saturated rings. The van der Waals surface area contributed by atoms with E-state index in [0.717, 1.165) is 50.9 Å². The minimum atomic E-state index is 0.230. The van der Waals surface area contributed by atoms with Gasteiger partial charge in [0.1, 0.15) is 0 Å². The summed E-state index contributed by atoms with van der Waals surface area (Å²) in [7, 11) is 0. The van der Waals surface area contributed by atoms with Gasteiger partial charge in [-0.2, -0.15) is 0 Å². The maximum Gasteiger partial charge on any atom is 0.166 e. The fraction of sp³-hybridized carbons (Fsp3) is 0.588. The Balaban J connectivity index is 0.000000612. The Morgan fingerprint density at radius 2 is 1.75 bits per heavy atom. The molecule has 2 rings (SSSR count). The molecule has 112 valence electrons. The predicted molar refractivity (Wildman–Crippen MR) is 85.1 cm³/mol. The topological polar surface area (TPSA) is 55.1 Å². The van der Waals surface area contributed by atoms with E-state index in [0.29, 0.717) is 5.78 Å². The molecular weight excluding hydrogens is 248 g/mol. The van der Waals surface area contributed by atoms with Crippen LogP contribution in [-0.4, -0.2) is 25.4 Å². The summed E-state index contributed by atoms with van der Waals surface area (Å²) in [5, 5.41) is 3.29. The summed E-state index contributed by atoms with van der Waals surface area (Å²) >= 11 is 0. The smallest absolute Gasteiger partial charge is 0.166 e. The van der Waals surface area contributed by atoms with Gasteiger partial charge in [-0.15, -0.1) is 0 Å². The van der Waals surface area contributed by atoms with Crippen LogP contribution in [0.15, 0.2) is 24.3 Å². The van der Waals surface area contributed by atoms with Gasteiger partial charge in [0.25, 0.3) is 0 Å². The fourth-order valence-electron chi connectivity index (χ4n) is 2.44. The maximum absolute atomic E-state index is 12.2. The second-order valence-electron chi connectivity index (χ2n) is 5.24. The minimum absolute atomic E-state index is 0.230. The SMILES string of the molecule is CCCc1ccc(C(=O)C2CCNCC2)cc1.CCN. The third-order valence-electron chi connectivity index (χ3n) is 3.49. The number of benzene rings is 1. The first kappa shape index (κ1) is 16.9. The molecule has 1 aromatic carbocycles. The van der Waals surface area contributed by atoms with E-state index in [1.807, 2.05) is 19.1 Å². The summed E-state index contributed by atoms with van der Waals surface area (Å²) in [6.07, 6.45) is 4.22. The van der Waals surface area contributed by atoms with Crippen molar-refractivity contribution in [2.45, 2.75) is 39.5 Å². The normalized spacial score (nSPS) is 15.3. The molecular formula is C17H28N2O. The molecule has 1 aliphatic heterocycles. The summed E-state index contributed by atoms with van der Waals surface area (Å²) in [6.45, 7) is 6.78. The van der Waals surface area contributed by atoms with Gasteiger partial charge in [0.15, 0.2) is 5.78 Å². The van der Waals surface area contributed by atoms with E-state index in [1.165, 1.54) is 5.56 Å². The molecule has 1 aromatic rings. The molecule has 1 saturated heterocycles. The van der Waals surface area contributed by atoms with Gasteiger partial charge < -0.3 is 11.1 Å². The van der Waals surface area contributed by atoms with Crippen LogP contribution in [0.1, 0.15) is 49.0 Å². The van der Waals surface area contributed by atoms with Gasteiger partial charge in [-0.1, -0.05) is 44.5 Å². The van der Waals surface area contributed by atoms with Crippen LogP contribution in [0.25, 0.3) is 0 Å². The molecule has 3 nitrogen and oxygen atoms in total. The van der Waals surface area contributed by atoms with Crippen molar-refractivity contribution < 1.29 is 4.79 Å². The van der Waals surface area contributed by atoms with Gasteiger partial charge in [-0.25, -0.2) is 0 Å². The number of ketones is 1. The Labute approximate surface area is 122 Å². The fourth-order valence-corrected chi connectivity index (χ4v) is 2.44.